The first-order valence-electron chi connectivity index (χ1n) is 5.58. The fraction of sp³-hybridized carbons (Fsp3) is 0.636. The third-order valence-electron chi connectivity index (χ3n) is 2.90. The summed E-state index contributed by atoms with van der Waals surface area (Å²) in [5.41, 5.74) is -0.337. The summed E-state index contributed by atoms with van der Waals surface area (Å²) in [4.78, 5) is 15.2. The van der Waals surface area contributed by atoms with Crippen molar-refractivity contribution in [1.29, 1.82) is 0 Å². The summed E-state index contributed by atoms with van der Waals surface area (Å²) >= 11 is 0. The summed E-state index contributed by atoms with van der Waals surface area (Å²) in [6.45, 7) is 2.97. The van der Waals surface area contributed by atoms with Crippen molar-refractivity contribution in [2.24, 2.45) is 0 Å². The lowest BCUT2D eigenvalue weighted by Gasteiger charge is -2.19. The van der Waals surface area contributed by atoms with Gasteiger partial charge in [0.1, 0.15) is 0 Å². The van der Waals surface area contributed by atoms with E-state index in [1.807, 2.05) is 0 Å². The van der Waals surface area contributed by atoms with Crippen LogP contribution in [-0.2, 0) is 4.74 Å². The maximum Gasteiger partial charge on any atom is 0.350 e. The van der Waals surface area contributed by atoms with E-state index in [-0.39, 0.29) is 0 Å². The van der Waals surface area contributed by atoms with Gasteiger partial charge in [0.05, 0.1) is 12.2 Å². The summed E-state index contributed by atoms with van der Waals surface area (Å²) < 4.78 is 33.4. The minimum Gasteiger partial charge on any atom is -0.391 e. The van der Waals surface area contributed by atoms with Gasteiger partial charge in [0.2, 0.25) is 6.23 Å². The molecule has 2 rings (SSSR count). The molecule has 2 heterocycles. The van der Waals surface area contributed by atoms with Crippen molar-refractivity contribution in [3.63, 3.8) is 0 Å². The van der Waals surface area contributed by atoms with Crippen LogP contribution in [0.1, 0.15) is 25.3 Å². The molecule has 7 heteroatoms. The van der Waals surface area contributed by atoms with Gasteiger partial charge < -0.3 is 9.84 Å². The monoisotopic (exact) mass is 260 g/mol. The zero-order valence-electron chi connectivity index (χ0n) is 10.0. The van der Waals surface area contributed by atoms with Gasteiger partial charge in [0.15, 0.2) is 0 Å². The Balaban J connectivity index is 2.35. The molecule has 1 saturated heterocycles. The Labute approximate surface area is 102 Å². The van der Waals surface area contributed by atoms with E-state index in [1.165, 1.54) is 19.2 Å². The second-order valence-corrected chi connectivity index (χ2v) is 4.49. The van der Waals surface area contributed by atoms with E-state index in [1.54, 1.807) is 6.92 Å². The van der Waals surface area contributed by atoms with Crippen LogP contribution in [0, 0.1) is 6.92 Å². The highest BCUT2D eigenvalue weighted by molar-refractivity contribution is 4.99. The third-order valence-corrected chi connectivity index (χ3v) is 2.90. The van der Waals surface area contributed by atoms with E-state index in [2.05, 4.69) is 4.98 Å². The van der Waals surface area contributed by atoms with Crippen LogP contribution < -0.4 is 5.69 Å². The number of aliphatic hydroxyl groups is 1. The van der Waals surface area contributed by atoms with Gasteiger partial charge in [-0.1, -0.05) is 0 Å². The standard InChI is InChI=1S/C11H14F2N2O3/c1-6-3-4-15(10(17)14-6)9-11(12,13)5-8(18-9)7(2)16/h3-4,7-9,16H,5H2,1-2H3. The van der Waals surface area contributed by atoms with Gasteiger partial charge in [-0.25, -0.2) is 13.6 Å². The second-order valence-electron chi connectivity index (χ2n) is 4.49. The van der Waals surface area contributed by atoms with Gasteiger partial charge in [0.25, 0.3) is 5.92 Å². The molecule has 1 N–H and O–H groups in total. The molecule has 3 atom stereocenters. The number of ether oxygens (including phenoxy) is 1. The minimum absolute atomic E-state index is 0.449. The van der Waals surface area contributed by atoms with Crippen LogP contribution >= 0.6 is 0 Å². The Bertz CT molecular complexity index is 501. The summed E-state index contributed by atoms with van der Waals surface area (Å²) in [6.07, 6.45) is -3.10. The number of hydrogen-bond acceptors (Lipinski definition) is 4. The molecule has 0 aromatic carbocycles. The Morgan fingerprint density at radius 3 is 2.83 bits per heavy atom. The van der Waals surface area contributed by atoms with Crippen LogP contribution in [0.4, 0.5) is 8.78 Å². The second kappa shape index (κ2) is 4.40. The Hall–Kier alpha value is -1.34. The summed E-state index contributed by atoms with van der Waals surface area (Å²) in [5, 5.41) is 9.30. The predicted molar refractivity (Wildman–Crippen MR) is 58.4 cm³/mol. The molecule has 1 aromatic rings. The lowest BCUT2D eigenvalue weighted by molar-refractivity contribution is -0.126. The van der Waals surface area contributed by atoms with Crippen molar-refractivity contribution >= 4 is 0 Å². The van der Waals surface area contributed by atoms with Crippen molar-refractivity contribution in [2.75, 3.05) is 0 Å². The molecular formula is C11H14F2N2O3. The summed E-state index contributed by atoms with van der Waals surface area (Å²) in [7, 11) is 0. The van der Waals surface area contributed by atoms with Crippen molar-refractivity contribution < 1.29 is 18.6 Å². The average Bonchev–Trinajstić information content (AvgIpc) is 2.55. The van der Waals surface area contributed by atoms with Gasteiger partial charge in [-0.05, 0) is 19.9 Å². The number of aromatic nitrogens is 2. The fourth-order valence-electron chi connectivity index (χ4n) is 1.91. The van der Waals surface area contributed by atoms with Gasteiger partial charge in [-0.2, -0.15) is 4.98 Å². The number of halogens is 2. The smallest absolute Gasteiger partial charge is 0.350 e. The molecule has 1 aliphatic heterocycles. The first kappa shape index (κ1) is 13.1. The quantitative estimate of drug-likeness (QED) is 0.856. The van der Waals surface area contributed by atoms with Crippen molar-refractivity contribution in [1.82, 2.24) is 9.55 Å². The summed E-state index contributed by atoms with van der Waals surface area (Å²) in [5.74, 6) is -3.21. The van der Waals surface area contributed by atoms with Gasteiger partial charge in [-0.3, -0.25) is 4.57 Å². The summed E-state index contributed by atoms with van der Waals surface area (Å²) in [6, 6.07) is 1.45. The Morgan fingerprint density at radius 2 is 2.33 bits per heavy atom. The molecule has 1 aromatic heterocycles. The molecule has 0 spiro atoms. The fourth-order valence-corrected chi connectivity index (χ4v) is 1.91. The van der Waals surface area contributed by atoms with Crippen LogP contribution in [0.2, 0.25) is 0 Å². The van der Waals surface area contributed by atoms with E-state index in [0.29, 0.717) is 5.69 Å². The highest BCUT2D eigenvalue weighted by Gasteiger charge is 2.52. The van der Waals surface area contributed by atoms with Gasteiger partial charge in [-0.15, -0.1) is 0 Å². The third kappa shape index (κ3) is 2.28. The van der Waals surface area contributed by atoms with E-state index < -0.39 is 36.5 Å². The first-order chi connectivity index (χ1) is 8.31. The normalized spacial score (nSPS) is 28.3. The van der Waals surface area contributed by atoms with E-state index in [4.69, 9.17) is 4.74 Å². The SMILES string of the molecule is Cc1ccn(C2OC(C(C)O)CC2(F)F)c(=O)n1. The molecule has 0 bridgehead atoms. The molecule has 0 amide bonds. The molecule has 3 unspecified atom stereocenters. The number of aliphatic hydroxyl groups excluding tert-OH is 1. The zero-order valence-corrected chi connectivity index (χ0v) is 10.0. The molecular weight excluding hydrogens is 246 g/mol. The molecule has 100 valence electrons. The highest BCUT2D eigenvalue weighted by atomic mass is 19.3. The highest BCUT2D eigenvalue weighted by Crippen LogP contribution is 2.42. The van der Waals surface area contributed by atoms with E-state index >= 15 is 0 Å². The lowest BCUT2D eigenvalue weighted by Crippen LogP contribution is -2.35. The van der Waals surface area contributed by atoms with Crippen LogP contribution in [0.3, 0.4) is 0 Å². The molecule has 5 nitrogen and oxygen atoms in total. The first-order valence-corrected chi connectivity index (χ1v) is 5.58. The minimum atomic E-state index is -3.21. The predicted octanol–water partition coefficient (Wildman–Crippen LogP) is 0.855. The van der Waals surface area contributed by atoms with Crippen LogP contribution in [-0.4, -0.2) is 32.8 Å². The number of hydrogen-bond donors (Lipinski definition) is 1. The maximum atomic E-state index is 13.8. The Kier molecular flexibility index (Phi) is 3.20. The van der Waals surface area contributed by atoms with Crippen LogP contribution in [0.25, 0.3) is 0 Å². The number of alkyl halides is 2. The molecule has 0 saturated carbocycles. The molecule has 0 radical (unpaired) electrons. The number of aryl methyl sites for hydroxylation is 1. The van der Waals surface area contributed by atoms with Crippen molar-refractivity contribution in [3.8, 4) is 0 Å². The topological polar surface area (TPSA) is 64.3 Å². The largest absolute Gasteiger partial charge is 0.391 e. The molecule has 0 aliphatic carbocycles. The number of rotatable bonds is 2. The molecule has 1 aliphatic rings. The van der Waals surface area contributed by atoms with Gasteiger partial charge in [0, 0.05) is 18.3 Å². The van der Waals surface area contributed by atoms with Crippen molar-refractivity contribution in [2.45, 2.75) is 44.6 Å². The van der Waals surface area contributed by atoms with Gasteiger partial charge >= 0.3 is 5.69 Å². The number of nitrogens with zero attached hydrogens (tertiary/aromatic N) is 2. The Morgan fingerprint density at radius 1 is 1.67 bits per heavy atom. The van der Waals surface area contributed by atoms with Crippen molar-refractivity contribution in [3.05, 3.63) is 28.4 Å². The van der Waals surface area contributed by atoms with Crippen LogP contribution in [0.5, 0.6) is 0 Å². The van der Waals surface area contributed by atoms with E-state index in [0.717, 1.165) is 4.57 Å². The van der Waals surface area contributed by atoms with Crippen LogP contribution in [0.15, 0.2) is 17.1 Å². The zero-order chi connectivity index (χ0) is 13.5. The lowest BCUT2D eigenvalue weighted by atomic mass is 10.1. The molecule has 1 fully saturated rings. The average molecular weight is 260 g/mol. The molecule has 18 heavy (non-hydrogen) atoms. The maximum absolute atomic E-state index is 13.8. The van der Waals surface area contributed by atoms with E-state index in [9.17, 15) is 18.7 Å².